The molecule has 0 atom stereocenters. The van der Waals surface area contributed by atoms with Crippen LogP contribution >= 0.6 is 27.5 Å². The summed E-state index contributed by atoms with van der Waals surface area (Å²) in [6.45, 7) is 0.289. The minimum absolute atomic E-state index is 0.0678. The molecule has 0 aliphatic rings. The van der Waals surface area contributed by atoms with Crippen molar-refractivity contribution in [2.45, 2.75) is 11.3 Å². The second kappa shape index (κ2) is 7.46. The van der Waals surface area contributed by atoms with Gasteiger partial charge in [-0.2, -0.15) is 0 Å². The van der Waals surface area contributed by atoms with Gasteiger partial charge in [-0.25, -0.2) is 13.1 Å². The van der Waals surface area contributed by atoms with Crippen molar-refractivity contribution in [1.29, 1.82) is 0 Å². The first-order valence-electron chi connectivity index (χ1n) is 6.50. The van der Waals surface area contributed by atoms with Crippen molar-refractivity contribution in [3.63, 3.8) is 0 Å². The lowest BCUT2D eigenvalue weighted by atomic mass is 10.1. The molecule has 0 saturated heterocycles. The number of hydrogen-bond acceptors (Lipinski definition) is 3. The van der Waals surface area contributed by atoms with Gasteiger partial charge in [0.25, 0.3) is 0 Å². The van der Waals surface area contributed by atoms with Crippen molar-refractivity contribution in [2.75, 3.05) is 13.7 Å². The second-order valence-electron chi connectivity index (χ2n) is 4.55. The maximum absolute atomic E-state index is 12.3. The van der Waals surface area contributed by atoms with Gasteiger partial charge in [-0.15, -0.1) is 0 Å². The Balaban J connectivity index is 2.02. The van der Waals surface area contributed by atoms with Gasteiger partial charge in [-0.3, -0.25) is 0 Å². The molecule has 4 nitrogen and oxygen atoms in total. The van der Waals surface area contributed by atoms with E-state index in [2.05, 4.69) is 20.7 Å². The normalized spacial score (nSPS) is 11.4. The Hall–Kier alpha value is -1.08. The SMILES string of the molecule is COc1ccc(CCNS(=O)(=O)c2cccc(Br)c2Cl)cc1. The van der Waals surface area contributed by atoms with Gasteiger partial charge >= 0.3 is 0 Å². The third-order valence-electron chi connectivity index (χ3n) is 3.07. The van der Waals surface area contributed by atoms with E-state index >= 15 is 0 Å². The Kier molecular flexibility index (Phi) is 5.86. The minimum atomic E-state index is -3.63. The summed E-state index contributed by atoms with van der Waals surface area (Å²) >= 11 is 9.25. The summed E-state index contributed by atoms with van der Waals surface area (Å²) in [5, 5.41) is 0.180. The van der Waals surface area contributed by atoms with Crippen molar-refractivity contribution < 1.29 is 13.2 Å². The Bertz CT molecular complexity index is 748. The molecule has 0 unspecified atom stereocenters. The number of sulfonamides is 1. The van der Waals surface area contributed by atoms with Crippen molar-refractivity contribution in [1.82, 2.24) is 4.72 Å². The van der Waals surface area contributed by atoms with E-state index in [1.165, 1.54) is 6.07 Å². The summed E-state index contributed by atoms with van der Waals surface area (Å²) in [7, 11) is -2.03. The number of halogens is 2. The molecule has 0 aromatic heterocycles. The molecule has 0 spiro atoms. The Morgan fingerprint density at radius 2 is 1.86 bits per heavy atom. The van der Waals surface area contributed by atoms with Gasteiger partial charge in [-0.05, 0) is 52.2 Å². The highest BCUT2D eigenvalue weighted by atomic mass is 79.9. The van der Waals surface area contributed by atoms with Crippen LogP contribution in [-0.4, -0.2) is 22.1 Å². The summed E-state index contributed by atoms with van der Waals surface area (Å²) in [6, 6.07) is 12.3. The van der Waals surface area contributed by atoms with Crippen molar-refractivity contribution in [3.05, 3.63) is 57.5 Å². The first-order valence-corrected chi connectivity index (χ1v) is 9.16. The lowest BCUT2D eigenvalue weighted by Crippen LogP contribution is -2.26. The fourth-order valence-electron chi connectivity index (χ4n) is 1.89. The highest BCUT2D eigenvalue weighted by molar-refractivity contribution is 9.10. The highest BCUT2D eigenvalue weighted by Gasteiger charge is 2.18. The van der Waals surface area contributed by atoms with E-state index < -0.39 is 10.0 Å². The molecule has 118 valence electrons. The molecule has 1 N–H and O–H groups in total. The molecule has 0 amide bonds. The summed E-state index contributed by atoms with van der Waals surface area (Å²) in [4.78, 5) is 0.0678. The van der Waals surface area contributed by atoms with Crippen LogP contribution in [0.2, 0.25) is 5.02 Å². The Morgan fingerprint density at radius 1 is 1.18 bits per heavy atom. The average Bonchev–Trinajstić information content (AvgIpc) is 2.50. The lowest BCUT2D eigenvalue weighted by Gasteiger charge is -2.09. The molecular weight excluding hydrogens is 390 g/mol. The van der Waals surface area contributed by atoms with Gasteiger partial charge in [0.15, 0.2) is 0 Å². The molecule has 0 fully saturated rings. The van der Waals surface area contributed by atoms with Gasteiger partial charge in [0.2, 0.25) is 10.0 Å². The summed E-state index contributed by atoms with van der Waals surface area (Å²) < 4.78 is 32.7. The highest BCUT2D eigenvalue weighted by Crippen LogP contribution is 2.29. The second-order valence-corrected chi connectivity index (χ2v) is 7.52. The number of rotatable bonds is 6. The lowest BCUT2D eigenvalue weighted by molar-refractivity contribution is 0.414. The van der Waals surface area contributed by atoms with E-state index in [9.17, 15) is 8.42 Å². The Labute approximate surface area is 143 Å². The van der Waals surface area contributed by atoms with Gasteiger partial charge < -0.3 is 4.74 Å². The number of benzene rings is 2. The Morgan fingerprint density at radius 3 is 2.50 bits per heavy atom. The molecular formula is C15H15BrClNO3S. The largest absolute Gasteiger partial charge is 0.497 e. The van der Waals surface area contributed by atoms with Gasteiger partial charge in [0, 0.05) is 11.0 Å². The predicted molar refractivity (Wildman–Crippen MR) is 91.0 cm³/mol. The van der Waals surface area contributed by atoms with Crippen LogP contribution in [0.3, 0.4) is 0 Å². The smallest absolute Gasteiger partial charge is 0.242 e. The molecule has 22 heavy (non-hydrogen) atoms. The van der Waals surface area contributed by atoms with Crippen molar-refractivity contribution in [2.24, 2.45) is 0 Å². The van der Waals surface area contributed by atoms with E-state index in [1.807, 2.05) is 24.3 Å². The van der Waals surface area contributed by atoms with Crippen LogP contribution in [0.15, 0.2) is 51.8 Å². The number of ether oxygens (including phenoxy) is 1. The van der Waals surface area contributed by atoms with Gasteiger partial charge in [0.05, 0.1) is 12.1 Å². The van der Waals surface area contributed by atoms with Gasteiger partial charge in [-0.1, -0.05) is 29.8 Å². The van der Waals surface area contributed by atoms with Crippen molar-refractivity contribution >= 4 is 37.6 Å². The molecule has 0 radical (unpaired) electrons. The van der Waals surface area contributed by atoms with Crippen molar-refractivity contribution in [3.8, 4) is 5.75 Å². The predicted octanol–water partition coefficient (Wildman–Crippen LogP) is 3.63. The van der Waals surface area contributed by atoms with Crippen LogP contribution in [0.5, 0.6) is 5.75 Å². The van der Waals surface area contributed by atoms with Crippen LogP contribution in [0.1, 0.15) is 5.56 Å². The molecule has 0 aliphatic carbocycles. The van der Waals surface area contributed by atoms with E-state index in [4.69, 9.17) is 16.3 Å². The quantitative estimate of drug-likeness (QED) is 0.800. The summed E-state index contributed by atoms with van der Waals surface area (Å²) in [5.74, 6) is 0.769. The fourth-order valence-corrected chi connectivity index (χ4v) is 3.95. The molecule has 2 rings (SSSR count). The number of hydrogen-bond donors (Lipinski definition) is 1. The third-order valence-corrected chi connectivity index (χ3v) is 5.98. The standard InChI is InChI=1S/C15H15BrClNO3S/c1-21-12-7-5-11(6-8-12)9-10-18-22(19,20)14-4-2-3-13(16)15(14)17/h2-8,18H,9-10H2,1H3. The number of nitrogens with one attached hydrogen (secondary N) is 1. The molecule has 0 heterocycles. The maximum atomic E-state index is 12.3. The molecule has 0 bridgehead atoms. The monoisotopic (exact) mass is 403 g/mol. The van der Waals surface area contributed by atoms with Crippen LogP contribution in [0.25, 0.3) is 0 Å². The topological polar surface area (TPSA) is 55.4 Å². The molecule has 2 aromatic rings. The molecule has 0 saturated carbocycles. The zero-order valence-corrected chi connectivity index (χ0v) is 15.0. The van der Waals surface area contributed by atoms with Crippen LogP contribution in [0, 0.1) is 0 Å². The number of methoxy groups -OCH3 is 1. The average molecular weight is 405 g/mol. The zero-order chi connectivity index (χ0) is 16.2. The van der Waals surface area contributed by atoms with E-state index in [0.717, 1.165) is 11.3 Å². The van der Waals surface area contributed by atoms with Crippen LogP contribution in [0.4, 0.5) is 0 Å². The molecule has 0 aliphatic heterocycles. The molecule has 7 heteroatoms. The van der Waals surface area contributed by atoms with E-state index in [1.54, 1.807) is 19.2 Å². The van der Waals surface area contributed by atoms with Crippen LogP contribution in [-0.2, 0) is 16.4 Å². The van der Waals surface area contributed by atoms with Crippen LogP contribution < -0.4 is 9.46 Å². The fraction of sp³-hybridized carbons (Fsp3) is 0.200. The minimum Gasteiger partial charge on any atom is -0.497 e. The summed E-state index contributed by atoms with van der Waals surface area (Å²) in [6.07, 6.45) is 0.578. The third kappa shape index (κ3) is 4.23. The maximum Gasteiger partial charge on any atom is 0.242 e. The van der Waals surface area contributed by atoms with Gasteiger partial charge in [0.1, 0.15) is 10.6 Å². The first kappa shape index (κ1) is 17.3. The van der Waals surface area contributed by atoms with E-state index in [-0.39, 0.29) is 16.5 Å². The molecule has 2 aromatic carbocycles. The first-order chi connectivity index (χ1) is 10.4. The summed E-state index contributed by atoms with van der Waals surface area (Å²) in [5.41, 5.74) is 1.02. The van der Waals surface area contributed by atoms with E-state index in [0.29, 0.717) is 10.9 Å². The zero-order valence-electron chi connectivity index (χ0n) is 11.8.